The van der Waals surface area contributed by atoms with Crippen LogP contribution in [0.2, 0.25) is 0 Å². The van der Waals surface area contributed by atoms with Crippen molar-refractivity contribution in [3.63, 3.8) is 0 Å². The molecule has 3 aliphatic heterocycles. The zero-order valence-electron chi connectivity index (χ0n) is 13.6. The molecule has 3 heterocycles. The van der Waals surface area contributed by atoms with Crippen LogP contribution in [0.4, 0.5) is 0 Å². The molecule has 1 aromatic carbocycles. The molecule has 0 aliphatic carbocycles. The summed E-state index contributed by atoms with van der Waals surface area (Å²) in [7, 11) is 0. The van der Waals surface area contributed by atoms with Gasteiger partial charge in [0.1, 0.15) is 18.6 Å². The Kier molecular flexibility index (Phi) is 4.82. The van der Waals surface area contributed by atoms with E-state index in [4.69, 9.17) is 14.2 Å². The van der Waals surface area contributed by atoms with Crippen LogP contribution in [0.1, 0.15) is 10.9 Å². The van der Waals surface area contributed by atoms with Gasteiger partial charge in [0.15, 0.2) is 11.5 Å². The number of fused-ring (bicyclic) bond motifs is 1. The Bertz CT molecular complexity index is 606. The van der Waals surface area contributed by atoms with Gasteiger partial charge in [-0.3, -0.25) is 9.69 Å². The van der Waals surface area contributed by atoms with Crippen LogP contribution < -0.4 is 9.47 Å². The molecule has 0 N–H and O–H groups in total. The van der Waals surface area contributed by atoms with E-state index in [-0.39, 0.29) is 11.3 Å². The first-order valence-electron chi connectivity index (χ1n) is 8.42. The fourth-order valence-corrected chi connectivity index (χ4v) is 4.47. The summed E-state index contributed by atoms with van der Waals surface area (Å²) in [6, 6.07) is 6.02. The Morgan fingerprint density at radius 1 is 1.04 bits per heavy atom. The molecule has 1 unspecified atom stereocenters. The molecule has 0 aromatic heterocycles. The lowest BCUT2D eigenvalue weighted by Crippen LogP contribution is -2.42. The first kappa shape index (κ1) is 16.1. The topological polar surface area (TPSA) is 51.2 Å². The van der Waals surface area contributed by atoms with E-state index in [1.807, 2.05) is 23.1 Å². The smallest absolute Gasteiger partial charge is 0.233 e. The monoisotopic (exact) mass is 350 g/mol. The summed E-state index contributed by atoms with van der Waals surface area (Å²) in [4.78, 5) is 16.7. The van der Waals surface area contributed by atoms with Gasteiger partial charge in [-0.05, 0) is 17.7 Å². The third-order valence-corrected chi connectivity index (χ3v) is 5.84. The highest BCUT2D eigenvalue weighted by atomic mass is 32.2. The number of amides is 1. The lowest BCUT2D eigenvalue weighted by atomic mass is 10.1. The summed E-state index contributed by atoms with van der Waals surface area (Å²) in [5.74, 6) is 2.33. The number of morpholine rings is 1. The Hall–Kier alpha value is -1.44. The highest BCUT2D eigenvalue weighted by Gasteiger charge is 2.33. The molecule has 24 heavy (non-hydrogen) atoms. The van der Waals surface area contributed by atoms with Gasteiger partial charge in [-0.1, -0.05) is 6.07 Å². The zero-order chi connectivity index (χ0) is 16.4. The summed E-state index contributed by atoms with van der Waals surface area (Å²) in [6.45, 7) is 6.29. The average Bonchev–Trinajstić information content (AvgIpc) is 3.01. The number of benzene rings is 1. The summed E-state index contributed by atoms with van der Waals surface area (Å²) in [5, 5.41) is 0.0642. The first-order chi connectivity index (χ1) is 11.8. The molecular weight excluding hydrogens is 328 g/mol. The van der Waals surface area contributed by atoms with Crippen molar-refractivity contribution in [2.45, 2.75) is 5.37 Å². The highest BCUT2D eigenvalue weighted by Crippen LogP contribution is 2.42. The lowest BCUT2D eigenvalue weighted by Gasteiger charge is -2.31. The van der Waals surface area contributed by atoms with Crippen molar-refractivity contribution in [3.8, 4) is 11.5 Å². The van der Waals surface area contributed by atoms with Gasteiger partial charge < -0.3 is 19.1 Å². The molecule has 4 rings (SSSR count). The van der Waals surface area contributed by atoms with Crippen LogP contribution in [0, 0.1) is 0 Å². The molecule has 6 nitrogen and oxygen atoms in total. The van der Waals surface area contributed by atoms with Gasteiger partial charge >= 0.3 is 0 Å². The van der Waals surface area contributed by atoms with Gasteiger partial charge in [0.05, 0.1) is 19.0 Å². The van der Waals surface area contributed by atoms with Gasteiger partial charge in [0.2, 0.25) is 5.91 Å². The Morgan fingerprint density at radius 3 is 2.67 bits per heavy atom. The molecule has 2 saturated heterocycles. The molecular formula is C17H22N2O4S. The van der Waals surface area contributed by atoms with E-state index < -0.39 is 0 Å². The number of hydrogen-bond acceptors (Lipinski definition) is 6. The van der Waals surface area contributed by atoms with Crippen molar-refractivity contribution >= 4 is 17.7 Å². The van der Waals surface area contributed by atoms with Crippen molar-refractivity contribution in [3.05, 3.63) is 23.8 Å². The number of ether oxygens (including phenoxy) is 3. The number of carbonyl (C=O) groups excluding carboxylic acids is 1. The van der Waals surface area contributed by atoms with Crippen molar-refractivity contribution in [1.82, 2.24) is 9.80 Å². The fourth-order valence-electron chi connectivity index (χ4n) is 3.26. The summed E-state index contributed by atoms with van der Waals surface area (Å²) in [5.41, 5.74) is 1.11. The van der Waals surface area contributed by atoms with Gasteiger partial charge in [0, 0.05) is 26.2 Å². The van der Waals surface area contributed by atoms with Crippen LogP contribution in [-0.4, -0.2) is 74.1 Å². The SMILES string of the molecule is O=C1CSC(c2ccc3c(c2)OCCO3)N1CCN1CCOCC1. The average molecular weight is 350 g/mol. The quantitative estimate of drug-likeness (QED) is 0.817. The Labute approximate surface area is 146 Å². The van der Waals surface area contributed by atoms with Crippen molar-refractivity contribution in [2.75, 3.05) is 58.4 Å². The summed E-state index contributed by atoms with van der Waals surface area (Å²) >= 11 is 1.69. The fraction of sp³-hybridized carbons (Fsp3) is 0.588. The zero-order valence-corrected chi connectivity index (χ0v) is 14.4. The summed E-state index contributed by atoms with van der Waals surface area (Å²) < 4.78 is 16.6. The molecule has 0 radical (unpaired) electrons. The largest absolute Gasteiger partial charge is 0.486 e. The van der Waals surface area contributed by atoms with Crippen LogP contribution in [0.25, 0.3) is 0 Å². The number of carbonyl (C=O) groups is 1. The number of thioether (sulfide) groups is 1. The molecule has 7 heteroatoms. The predicted molar refractivity (Wildman–Crippen MR) is 91.6 cm³/mol. The molecule has 1 atom stereocenters. The van der Waals surface area contributed by atoms with Crippen LogP contribution in [0.3, 0.4) is 0 Å². The maximum atomic E-state index is 12.3. The minimum Gasteiger partial charge on any atom is -0.486 e. The molecule has 1 amide bonds. The Morgan fingerprint density at radius 2 is 1.83 bits per heavy atom. The van der Waals surface area contributed by atoms with Crippen LogP contribution in [-0.2, 0) is 9.53 Å². The second-order valence-corrected chi connectivity index (χ2v) is 7.18. The van der Waals surface area contributed by atoms with Crippen LogP contribution in [0.5, 0.6) is 11.5 Å². The second kappa shape index (κ2) is 7.21. The molecule has 130 valence electrons. The molecule has 0 bridgehead atoms. The second-order valence-electron chi connectivity index (χ2n) is 6.11. The van der Waals surface area contributed by atoms with E-state index in [2.05, 4.69) is 4.90 Å². The third-order valence-electron chi connectivity index (χ3n) is 4.58. The van der Waals surface area contributed by atoms with Gasteiger partial charge in [-0.15, -0.1) is 11.8 Å². The van der Waals surface area contributed by atoms with Crippen LogP contribution >= 0.6 is 11.8 Å². The molecule has 3 aliphatic rings. The van der Waals surface area contributed by atoms with E-state index in [0.717, 1.165) is 56.5 Å². The van der Waals surface area contributed by atoms with Gasteiger partial charge in [-0.25, -0.2) is 0 Å². The lowest BCUT2D eigenvalue weighted by molar-refractivity contribution is -0.128. The molecule has 0 saturated carbocycles. The Balaban J connectivity index is 1.45. The number of rotatable bonds is 4. The minimum atomic E-state index is 0.0642. The van der Waals surface area contributed by atoms with E-state index in [1.54, 1.807) is 11.8 Å². The maximum Gasteiger partial charge on any atom is 0.233 e. The van der Waals surface area contributed by atoms with Crippen molar-refractivity contribution in [2.24, 2.45) is 0 Å². The van der Waals surface area contributed by atoms with E-state index in [1.165, 1.54) is 0 Å². The minimum absolute atomic E-state index is 0.0642. The highest BCUT2D eigenvalue weighted by molar-refractivity contribution is 8.00. The van der Waals surface area contributed by atoms with Gasteiger partial charge in [-0.2, -0.15) is 0 Å². The standard InChI is InChI=1S/C17H22N2O4S/c20-16-12-24-17(19(16)4-3-18-5-7-21-8-6-18)13-1-2-14-15(11-13)23-10-9-22-14/h1-2,11,17H,3-10,12H2. The first-order valence-corrected chi connectivity index (χ1v) is 9.47. The molecule has 2 fully saturated rings. The van der Waals surface area contributed by atoms with Crippen LogP contribution in [0.15, 0.2) is 18.2 Å². The van der Waals surface area contributed by atoms with Gasteiger partial charge in [0.25, 0.3) is 0 Å². The van der Waals surface area contributed by atoms with E-state index in [9.17, 15) is 4.79 Å². The number of nitrogens with zero attached hydrogens (tertiary/aromatic N) is 2. The summed E-state index contributed by atoms with van der Waals surface area (Å²) in [6.07, 6.45) is 0. The third kappa shape index (κ3) is 3.34. The van der Waals surface area contributed by atoms with Crippen molar-refractivity contribution < 1.29 is 19.0 Å². The molecule has 0 spiro atoms. The predicted octanol–water partition coefficient (Wildman–Crippen LogP) is 1.36. The maximum absolute atomic E-state index is 12.3. The van der Waals surface area contributed by atoms with Crippen molar-refractivity contribution in [1.29, 1.82) is 0 Å². The van der Waals surface area contributed by atoms with E-state index in [0.29, 0.717) is 19.0 Å². The normalized spacial score (nSPS) is 24.4. The van der Waals surface area contributed by atoms with E-state index >= 15 is 0 Å². The number of hydrogen-bond donors (Lipinski definition) is 0. The molecule has 1 aromatic rings.